The molecule has 1 heterocycles. The Bertz CT molecular complexity index is 623. The van der Waals surface area contributed by atoms with Gasteiger partial charge in [0.05, 0.1) is 12.1 Å². The lowest BCUT2D eigenvalue weighted by Gasteiger charge is -2.06. The molecule has 0 fully saturated rings. The van der Waals surface area contributed by atoms with Crippen molar-refractivity contribution in [2.75, 3.05) is 6.54 Å². The SMILES string of the molecule is NCc1cc(C(=O)NCCC(=O)NCc2ccccc2)co1. The Hall–Kier alpha value is -2.60. The van der Waals surface area contributed by atoms with Gasteiger partial charge >= 0.3 is 0 Å². The third-order valence-corrected chi connectivity index (χ3v) is 3.09. The monoisotopic (exact) mass is 301 g/mol. The lowest BCUT2D eigenvalue weighted by atomic mass is 10.2. The van der Waals surface area contributed by atoms with Gasteiger partial charge in [-0.05, 0) is 11.6 Å². The van der Waals surface area contributed by atoms with Gasteiger partial charge in [0.25, 0.3) is 5.91 Å². The topological polar surface area (TPSA) is 97.4 Å². The summed E-state index contributed by atoms with van der Waals surface area (Å²) in [6.45, 7) is 0.993. The average Bonchev–Trinajstić information content (AvgIpc) is 3.03. The van der Waals surface area contributed by atoms with Crippen molar-refractivity contribution in [3.63, 3.8) is 0 Å². The molecule has 0 saturated carbocycles. The molecule has 4 N–H and O–H groups in total. The predicted octanol–water partition coefficient (Wildman–Crippen LogP) is 1.17. The molecule has 2 aromatic rings. The van der Waals surface area contributed by atoms with Gasteiger partial charge in [0.2, 0.25) is 5.91 Å². The van der Waals surface area contributed by atoms with E-state index in [2.05, 4.69) is 10.6 Å². The molecule has 6 heteroatoms. The Morgan fingerprint density at radius 1 is 1.14 bits per heavy atom. The largest absolute Gasteiger partial charge is 0.467 e. The highest BCUT2D eigenvalue weighted by Gasteiger charge is 2.09. The molecule has 0 unspecified atom stereocenters. The van der Waals surface area contributed by atoms with E-state index >= 15 is 0 Å². The van der Waals surface area contributed by atoms with Crippen molar-refractivity contribution >= 4 is 11.8 Å². The molecule has 0 radical (unpaired) electrons. The molecule has 116 valence electrons. The number of nitrogens with one attached hydrogen (secondary N) is 2. The maximum Gasteiger partial charge on any atom is 0.254 e. The fourth-order valence-electron chi connectivity index (χ4n) is 1.88. The highest BCUT2D eigenvalue weighted by molar-refractivity contribution is 5.94. The van der Waals surface area contributed by atoms with Gasteiger partial charge in [-0.2, -0.15) is 0 Å². The van der Waals surface area contributed by atoms with Crippen LogP contribution in [0.2, 0.25) is 0 Å². The Labute approximate surface area is 128 Å². The predicted molar refractivity (Wildman–Crippen MR) is 81.8 cm³/mol. The van der Waals surface area contributed by atoms with Crippen LogP contribution in [0.1, 0.15) is 28.1 Å². The number of furan rings is 1. The first-order chi connectivity index (χ1) is 10.7. The van der Waals surface area contributed by atoms with Crippen molar-refractivity contribution in [1.29, 1.82) is 0 Å². The second-order valence-corrected chi connectivity index (χ2v) is 4.77. The number of carbonyl (C=O) groups excluding carboxylic acids is 2. The summed E-state index contributed by atoms with van der Waals surface area (Å²) in [5.41, 5.74) is 6.85. The van der Waals surface area contributed by atoms with Gasteiger partial charge in [0.15, 0.2) is 0 Å². The van der Waals surface area contributed by atoms with Crippen LogP contribution < -0.4 is 16.4 Å². The van der Waals surface area contributed by atoms with E-state index in [0.29, 0.717) is 17.9 Å². The average molecular weight is 301 g/mol. The molecule has 0 atom stereocenters. The highest BCUT2D eigenvalue weighted by atomic mass is 16.3. The molecule has 0 saturated heterocycles. The van der Waals surface area contributed by atoms with Crippen LogP contribution >= 0.6 is 0 Å². The second kappa shape index (κ2) is 7.99. The molecular weight excluding hydrogens is 282 g/mol. The van der Waals surface area contributed by atoms with Crippen molar-refractivity contribution in [2.45, 2.75) is 19.5 Å². The zero-order valence-electron chi connectivity index (χ0n) is 12.2. The number of amides is 2. The zero-order valence-corrected chi connectivity index (χ0v) is 12.2. The smallest absolute Gasteiger partial charge is 0.254 e. The number of hydrogen-bond donors (Lipinski definition) is 3. The summed E-state index contributed by atoms with van der Waals surface area (Å²) in [4.78, 5) is 23.5. The number of nitrogens with two attached hydrogens (primary N) is 1. The summed E-state index contributed by atoms with van der Waals surface area (Å²) >= 11 is 0. The Morgan fingerprint density at radius 2 is 1.91 bits per heavy atom. The highest BCUT2D eigenvalue weighted by Crippen LogP contribution is 2.06. The van der Waals surface area contributed by atoms with Gasteiger partial charge in [0, 0.05) is 19.5 Å². The number of rotatable bonds is 7. The normalized spacial score (nSPS) is 10.2. The molecule has 0 aliphatic carbocycles. The minimum atomic E-state index is -0.278. The molecular formula is C16H19N3O3. The molecule has 0 aliphatic heterocycles. The molecule has 2 rings (SSSR count). The van der Waals surface area contributed by atoms with Gasteiger partial charge in [-0.15, -0.1) is 0 Å². The van der Waals surface area contributed by atoms with Gasteiger partial charge in [-0.1, -0.05) is 30.3 Å². The molecule has 0 bridgehead atoms. The quantitative estimate of drug-likeness (QED) is 0.715. The number of benzene rings is 1. The van der Waals surface area contributed by atoms with E-state index in [1.165, 1.54) is 6.26 Å². The van der Waals surface area contributed by atoms with Crippen LogP contribution in [-0.2, 0) is 17.9 Å². The van der Waals surface area contributed by atoms with Crippen LogP contribution in [0.5, 0.6) is 0 Å². The first kappa shape index (κ1) is 15.8. The maximum atomic E-state index is 11.8. The van der Waals surface area contributed by atoms with Crippen molar-refractivity contribution in [1.82, 2.24) is 10.6 Å². The summed E-state index contributed by atoms with van der Waals surface area (Å²) in [5.74, 6) is 0.157. The van der Waals surface area contributed by atoms with E-state index in [1.54, 1.807) is 6.07 Å². The van der Waals surface area contributed by atoms with Crippen LogP contribution in [0.25, 0.3) is 0 Å². The van der Waals surface area contributed by atoms with Gasteiger partial charge < -0.3 is 20.8 Å². The maximum absolute atomic E-state index is 11.8. The molecule has 1 aromatic heterocycles. The van der Waals surface area contributed by atoms with Gasteiger partial charge in [0.1, 0.15) is 12.0 Å². The molecule has 0 spiro atoms. The van der Waals surface area contributed by atoms with Crippen molar-refractivity contribution in [2.24, 2.45) is 5.73 Å². The summed E-state index contributed by atoms with van der Waals surface area (Å²) in [6, 6.07) is 11.2. The fraction of sp³-hybridized carbons (Fsp3) is 0.250. The summed E-state index contributed by atoms with van der Waals surface area (Å²) in [5, 5.41) is 5.47. The van der Waals surface area contributed by atoms with Crippen LogP contribution in [0.3, 0.4) is 0 Å². The summed E-state index contributed by atoms with van der Waals surface area (Å²) in [7, 11) is 0. The Morgan fingerprint density at radius 3 is 2.59 bits per heavy atom. The van der Waals surface area contributed by atoms with Crippen molar-refractivity contribution in [3.8, 4) is 0 Å². The van der Waals surface area contributed by atoms with Crippen molar-refractivity contribution in [3.05, 3.63) is 59.5 Å². The summed E-state index contributed by atoms with van der Waals surface area (Å²) < 4.78 is 5.08. The van der Waals surface area contributed by atoms with Crippen LogP contribution in [0.15, 0.2) is 47.1 Å². The Kier molecular flexibility index (Phi) is 5.73. The minimum absolute atomic E-state index is 0.112. The van der Waals surface area contributed by atoms with E-state index in [1.807, 2.05) is 30.3 Å². The molecule has 22 heavy (non-hydrogen) atoms. The Balaban J connectivity index is 1.67. The van der Waals surface area contributed by atoms with Crippen molar-refractivity contribution < 1.29 is 14.0 Å². The van der Waals surface area contributed by atoms with Gasteiger partial charge in [-0.3, -0.25) is 9.59 Å². The van der Waals surface area contributed by atoms with Crippen LogP contribution in [0.4, 0.5) is 0 Å². The van der Waals surface area contributed by atoms with Crippen LogP contribution in [-0.4, -0.2) is 18.4 Å². The fourth-order valence-corrected chi connectivity index (χ4v) is 1.88. The summed E-state index contributed by atoms with van der Waals surface area (Å²) in [6.07, 6.45) is 1.58. The number of hydrogen-bond acceptors (Lipinski definition) is 4. The lowest BCUT2D eigenvalue weighted by molar-refractivity contribution is -0.121. The van der Waals surface area contributed by atoms with E-state index in [-0.39, 0.29) is 31.3 Å². The zero-order chi connectivity index (χ0) is 15.8. The third-order valence-electron chi connectivity index (χ3n) is 3.09. The molecule has 1 aromatic carbocycles. The minimum Gasteiger partial charge on any atom is -0.467 e. The first-order valence-corrected chi connectivity index (χ1v) is 7.05. The third kappa shape index (κ3) is 4.75. The van der Waals surface area contributed by atoms with Gasteiger partial charge in [-0.25, -0.2) is 0 Å². The van der Waals surface area contributed by atoms with E-state index in [0.717, 1.165) is 5.56 Å². The van der Waals surface area contributed by atoms with Crippen LogP contribution in [0, 0.1) is 0 Å². The van der Waals surface area contributed by atoms with E-state index < -0.39 is 0 Å². The van der Waals surface area contributed by atoms with E-state index in [4.69, 9.17) is 10.2 Å². The van der Waals surface area contributed by atoms with E-state index in [9.17, 15) is 9.59 Å². The molecule has 0 aliphatic rings. The standard InChI is InChI=1S/C16H19N3O3/c17-9-14-8-13(11-22-14)16(21)18-7-6-15(20)19-10-12-4-2-1-3-5-12/h1-5,8,11H,6-7,9-10,17H2,(H,18,21)(H,19,20). The first-order valence-electron chi connectivity index (χ1n) is 7.05. The second-order valence-electron chi connectivity index (χ2n) is 4.77. The molecule has 2 amide bonds. The molecule has 6 nitrogen and oxygen atoms in total. The number of carbonyl (C=O) groups is 2. The lowest BCUT2D eigenvalue weighted by Crippen LogP contribution is -2.30.